The number of aliphatic hydroxyl groups excluding tert-OH is 4. The lowest BCUT2D eigenvalue weighted by Crippen LogP contribution is -2.64. The van der Waals surface area contributed by atoms with Crippen molar-refractivity contribution >= 4 is 12.3 Å². The maximum Gasteiger partial charge on any atom is 0.665 e. The summed E-state index contributed by atoms with van der Waals surface area (Å²) in [5.41, 5.74) is 0. The second kappa shape index (κ2) is 6.55. The van der Waals surface area contributed by atoms with Gasteiger partial charge in [0.2, 0.25) is 5.91 Å². The first-order valence-corrected chi connectivity index (χ1v) is 5.21. The molecule has 1 saturated heterocycles. The Kier molecular flexibility index (Phi) is 5.35. The molecule has 2 amide bonds. The summed E-state index contributed by atoms with van der Waals surface area (Å²) >= 11 is 0. The van der Waals surface area contributed by atoms with Gasteiger partial charge in [-0.15, -0.1) is 5.32 Å². The van der Waals surface area contributed by atoms with Gasteiger partial charge >= 0.3 is 6.41 Å². The molecule has 9 nitrogen and oxygen atoms in total. The summed E-state index contributed by atoms with van der Waals surface area (Å²) < 4.78 is 4.82. The number of carbonyl (C=O) groups is 1. The summed E-state index contributed by atoms with van der Waals surface area (Å²) in [4.78, 5) is 21.1. The minimum atomic E-state index is -1.58. The van der Waals surface area contributed by atoms with Crippen molar-refractivity contribution in [2.75, 3.05) is 13.2 Å². The molecule has 1 fully saturated rings. The number of amides is 2. The van der Waals surface area contributed by atoms with Crippen LogP contribution in [-0.4, -0.2) is 76.5 Å². The average molecular weight is 263 g/mol. The number of rotatable bonds is 5. The number of ether oxygens (including phenoxy) is 1. The van der Waals surface area contributed by atoms with Crippen molar-refractivity contribution in [3.63, 3.8) is 0 Å². The standard InChI is InChI=1S/C9H14N2O7/c12-2-4-7(15)8(16)6(9(17)18-4)11-5(14)1-10-3-13/h4,6-9,12,15-17H,1-2H2,(H-,10,11,13,14)/p+1. The Balaban J connectivity index is 2.59. The van der Waals surface area contributed by atoms with Crippen LogP contribution in [0.2, 0.25) is 0 Å². The number of aliphatic hydroxyl groups is 4. The zero-order valence-electron chi connectivity index (χ0n) is 9.31. The Morgan fingerprint density at radius 3 is 2.50 bits per heavy atom. The number of hydrogen-bond donors (Lipinski definition) is 6. The van der Waals surface area contributed by atoms with E-state index >= 15 is 0 Å². The van der Waals surface area contributed by atoms with Crippen LogP contribution in [0.15, 0.2) is 0 Å². The van der Waals surface area contributed by atoms with E-state index in [1.165, 1.54) is 6.41 Å². The molecular weight excluding hydrogens is 248 g/mol. The molecule has 0 aromatic heterocycles. The third-order valence-corrected chi connectivity index (χ3v) is 2.55. The fourth-order valence-electron chi connectivity index (χ4n) is 1.61. The highest BCUT2D eigenvalue weighted by Gasteiger charge is 2.44. The molecule has 0 spiro atoms. The van der Waals surface area contributed by atoms with E-state index in [9.17, 15) is 24.9 Å². The van der Waals surface area contributed by atoms with Crippen molar-refractivity contribution in [1.82, 2.24) is 10.6 Å². The largest absolute Gasteiger partial charge is 0.665 e. The molecule has 0 aromatic rings. The molecule has 1 aliphatic heterocycles. The van der Waals surface area contributed by atoms with Crippen molar-refractivity contribution in [3.05, 3.63) is 0 Å². The summed E-state index contributed by atoms with van der Waals surface area (Å²) in [6.45, 7) is -0.976. The monoisotopic (exact) mass is 263 g/mol. The van der Waals surface area contributed by atoms with Gasteiger partial charge in [0, 0.05) is 0 Å². The van der Waals surface area contributed by atoms with Gasteiger partial charge in [-0.1, -0.05) is 0 Å². The van der Waals surface area contributed by atoms with Crippen molar-refractivity contribution in [2.45, 2.75) is 30.6 Å². The van der Waals surface area contributed by atoms with Crippen LogP contribution in [0.5, 0.6) is 0 Å². The molecule has 6 N–H and O–H groups in total. The summed E-state index contributed by atoms with van der Waals surface area (Å²) in [6.07, 6.45) is -4.38. The third-order valence-electron chi connectivity index (χ3n) is 2.55. The molecule has 1 rings (SSSR count). The zero-order chi connectivity index (χ0) is 13.7. The van der Waals surface area contributed by atoms with Gasteiger partial charge in [-0.2, -0.15) is 0 Å². The van der Waals surface area contributed by atoms with Crippen LogP contribution in [-0.2, 0) is 14.3 Å². The lowest BCUT2D eigenvalue weighted by molar-refractivity contribution is -0.253. The van der Waals surface area contributed by atoms with Crippen molar-refractivity contribution in [1.29, 1.82) is 0 Å². The molecular formula is C9H15N2O7+. The highest BCUT2D eigenvalue weighted by atomic mass is 16.6. The fraction of sp³-hybridized carbons (Fsp3) is 0.778. The predicted molar refractivity (Wildman–Crippen MR) is 55.6 cm³/mol. The Morgan fingerprint density at radius 1 is 1.28 bits per heavy atom. The first-order valence-electron chi connectivity index (χ1n) is 5.21. The van der Waals surface area contributed by atoms with Gasteiger partial charge in [0.05, 0.1) is 11.4 Å². The number of hydrogen-bond acceptors (Lipinski definition) is 7. The van der Waals surface area contributed by atoms with Gasteiger partial charge in [0.25, 0.3) is 0 Å². The van der Waals surface area contributed by atoms with E-state index in [-0.39, 0.29) is 6.54 Å². The van der Waals surface area contributed by atoms with E-state index in [1.807, 2.05) is 5.32 Å². The molecule has 1 aliphatic rings. The van der Waals surface area contributed by atoms with Crippen molar-refractivity contribution in [2.24, 2.45) is 0 Å². The van der Waals surface area contributed by atoms with Gasteiger partial charge in [0.1, 0.15) is 30.9 Å². The first kappa shape index (κ1) is 14.7. The van der Waals surface area contributed by atoms with Crippen molar-refractivity contribution < 1.29 is 34.8 Å². The van der Waals surface area contributed by atoms with Crippen LogP contribution in [0.4, 0.5) is 0 Å². The van der Waals surface area contributed by atoms with Crippen LogP contribution < -0.4 is 10.6 Å². The quantitative estimate of drug-likeness (QED) is 0.216. The Hall–Kier alpha value is -1.35. The van der Waals surface area contributed by atoms with Crippen molar-refractivity contribution in [3.8, 4) is 0 Å². The average Bonchev–Trinajstić information content (AvgIpc) is 2.36. The summed E-state index contributed by atoms with van der Waals surface area (Å²) in [5.74, 6) is -0.695. The molecule has 0 saturated carbocycles. The second-order valence-corrected chi connectivity index (χ2v) is 3.78. The molecule has 0 aromatic carbocycles. The van der Waals surface area contributed by atoms with E-state index < -0.39 is 43.2 Å². The lowest BCUT2D eigenvalue weighted by Gasteiger charge is -2.40. The molecule has 9 heteroatoms. The zero-order valence-corrected chi connectivity index (χ0v) is 9.31. The van der Waals surface area contributed by atoms with Crippen LogP contribution in [0.3, 0.4) is 0 Å². The van der Waals surface area contributed by atoms with Gasteiger partial charge < -0.3 is 30.5 Å². The fourth-order valence-corrected chi connectivity index (χ4v) is 1.61. The summed E-state index contributed by atoms with van der Waals surface area (Å²) in [5, 5.41) is 41.7. The van der Waals surface area contributed by atoms with Crippen LogP contribution >= 0.6 is 0 Å². The Morgan fingerprint density at radius 2 is 1.94 bits per heavy atom. The Labute approximate surface area is 102 Å². The summed E-state index contributed by atoms with van der Waals surface area (Å²) in [7, 11) is 0. The molecule has 5 unspecified atom stereocenters. The van der Waals surface area contributed by atoms with Gasteiger partial charge in [-0.05, 0) is 0 Å². The third kappa shape index (κ3) is 3.33. The highest BCUT2D eigenvalue weighted by molar-refractivity contribution is 5.80. The van der Waals surface area contributed by atoms with Crippen LogP contribution in [0.1, 0.15) is 0 Å². The Bertz CT molecular complexity index is 301. The topological polar surface area (TPSA) is 148 Å². The molecule has 0 bridgehead atoms. The normalized spacial score (nSPS) is 35.7. The molecule has 0 radical (unpaired) electrons. The first-order chi connectivity index (χ1) is 8.51. The van der Waals surface area contributed by atoms with Gasteiger partial charge in [-0.25, -0.2) is 0 Å². The van der Waals surface area contributed by atoms with Crippen LogP contribution in [0.25, 0.3) is 0 Å². The number of nitrogens with one attached hydrogen (secondary N) is 2. The second-order valence-electron chi connectivity index (χ2n) is 3.78. The van der Waals surface area contributed by atoms with Gasteiger partial charge in [-0.3, -0.25) is 4.79 Å². The van der Waals surface area contributed by atoms with E-state index in [1.54, 1.807) is 0 Å². The van der Waals surface area contributed by atoms with Crippen LogP contribution in [0, 0.1) is 0 Å². The SMILES string of the molecule is O=[C+]NCC(=O)NC1C(O)OC(CO)C(O)C1O. The smallest absolute Gasteiger partial charge is 0.394 e. The molecule has 102 valence electrons. The summed E-state index contributed by atoms with van der Waals surface area (Å²) in [6, 6.07) is -1.26. The molecule has 18 heavy (non-hydrogen) atoms. The predicted octanol–water partition coefficient (Wildman–Crippen LogP) is -4.44. The maximum atomic E-state index is 11.3. The lowest BCUT2D eigenvalue weighted by atomic mass is 9.97. The molecule has 1 heterocycles. The van der Waals surface area contributed by atoms with E-state index in [0.717, 1.165) is 0 Å². The maximum absolute atomic E-state index is 11.3. The highest BCUT2D eigenvalue weighted by Crippen LogP contribution is 2.19. The minimum absolute atomic E-state index is 0.390. The van der Waals surface area contributed by atoms with Gasteiger partial charge in [0.15, 0.2) is 6.29 Å². The molecule has 0 aliphatic carbocycles. The van der Waals surface area contributed by atoms with E-state index in [2.05, 4.69) is 5.32 Å². The molecule has 5 atom stereocenters. The minimum Gasteiger partial charge on any atom is -0.394 e. The number of carbonyl (C=O) groups excluding carboxylic acids is 2. The van der Waals surface area contributed by atoms with E-state index in [4.69, 9.17) is 9.84 Å². The van der Waals surface area contributed by atoms with E-state index in [0.29, 0.717) is 0 Å².